The highest BCUT2D eigenvalue weighted by molar-refractivity contribution is 5.85. The Morgan fingerprint density at radius 3 is 2.56 bits per heavy atom. The fraction of sp³-hybridized carbons (Fsp3) is 0.917. The molecule has 0 spiro atoms. The summed E-state index contributed by atoms with van der Waals surface area (Å²) in [6, 6.07) is 0.483. The molecule has 1 aliphatic heterocycles. The fourth-order valence-corrected chi connectivity index (χ4v) is 2.64. The monoisotopic (exact) mass is 225 g/mol. The van der Waals surface area contributed by atoms with E-state index in [4.69, 9.17) is 5.73 Å². The first-order valence-corrected chi connectivity index (χ1v) is 6.36. The molecule has 1 unspecified atom stereocenters. The molecule has 0 aromatic rings. The molecule has 1 heterocycles. The van der Waals surface area contributed by atoms with Crippen LogP contribution in [0.25, 0.3) is 0 Å². The number of rotatable bonds is 3. The number of piperazine rings is 1. The highest BCUT2D eigenvalue weighted by atomic mass is 16.2. The molecule has 0 aromatic heterocycles. The number of hydrogen-bond acceptors (Lipinski definition) is 3. The lowest BCUT2D eigenvalue weighted by Gasteiger charge is -2.40. The van der Waals surface area contributed by atoms with Gasteiger partial charge < -0.3 is 10.6 Å². The van der Waals surface area contributed by atoms with Gasteiger partial charge in [0.25, 0.3) is 0 Å². The molecule has 1 aliphatic carbocycles. The van der Waals surface area contributed by atoms with Crippen LogP contribution in [0.4, 0.5) is 0 Å². The molecular formula is C12H23N3O. The second-order valence-corrected chi connectivity index (χ2v) is 5.21. The lowest BCUT2D eigenvalue weighted by atomic mass is 10.0. The van der Waals surface area contributed by atoms with Crippen molar-refractivity contribution in [3.05, 3.63) is 0 Å². The van der Waals surface area contributed by atoms with Crippen molar-refractivity contribution in [2.75, 3.05) is 32.7 Å². The molecule has 0 radical (unpaired) electrons. The largest absolute Gasteiger partial charge is 0.339 e. The third-order valence-electron chi connectivity index (χ3n) is 4.16. The number of amides is 1. The normalized spacial score (nSPS) is 29.2. The predicted molar refractivity (Wildman–Crippen MR) is 64.0 cm³/mol. The van der Waals surface area contributed by atoms with Crippen LogP contribution in [0, 0.1) is 5.41 Å². The van der Waals surface area contributed by atoms with Gasteiger partial charge in [0.15, 0.2) is 0 Å². The van der Waals surface area contributed by atoms with Gasteiger partial charge in [-0.15, -0.1) is 0 Å². The quantitative estimate of drug-likeness (QED) is 0.750. The van der Waals surface area contributed by atoms with Gasteiger partial charge >= 0.3 is 0 Å². The number of hydrogen-bond donors (Lipinski definition) is 1. The Bertz CT molecular complexity index is 275. The molecule has 1 saturated carbocycles. The van der Waals surface area contributed by atoms with Crippen LogP contribution in [-0.2, 0) is 4.79 Å². The molecule has 0 bridgehead atoms. The van der Waals surface area contributed by atoms with Crippen molar-refractivity contribution in [3.8, 4) is 0 Å². The van der Waals surface area contributed by atoms with Crippen LogP contribution in [0.15, 0.2) is 0 Å². The highest BCUT2D eigenvalue weighted by Crippen LogP contribution is 2.46. The Balaban J connectivity index is 1.95. The summed E-state index contributed by atoms with van der Waals surface area (Å²) in [5.41, 5.74) is 5.53. The first kappa shape index (κ1) is 11.9. The zero-order chi connectivity index (χ0) is 11.8. The van der Waals surface area contributed by atoms with Gasteiger partial charge in [-0.3, -0.25) is 9.69 Å². The maximum absolute atomic E-state index is 12.3. The second-order valence-electron chi connectivity index (χ2n) is 5.21. The summed E-state index contributed by atoms with van der Waals surface area (Å²) in [6.07, 6.45) is 1.98. The summed E-state index contributed by atoms with van der Waals surface area (Å²) in [5, 5.41) is 0. The van der Waals surface area contributed by atoms with Crippen LogP contribution < -0.4 is 5.73 Å². The average Bonchev–Trinajstić information content (AvgIpc) is 3.09. The van der Waals surface area contributed by atoms with Crippen LogP contribution in [0.3, 0.4) is 0 Å². The Hall–Kier alpha value is -0.610. The smallest absolute Gasteiger partial charge is 0.230 e. The molecule has 4 nitrogen and oxygen atoms in total. The van der Waals surface area contributed by atoms with Crippen molar-refractivity contribution in [1.82, 2.24) is 9.80 Å². The minimum atomic E-state index is -0.173. The maximum atomic E-state index is 12.3. The van der Waals surface area contributed by atoms with Crippen LogP contribution in [0.5, 0.6) is 0 Å². The van der Waals surface area contributed by atoms with Crippen molar-refractivity contribution in [2.24, 2.45) is 11.1 Å². The summed E-state index contributed by atoms with van der Waals surface area (Å²) in [5.74, 6) is 0.303. The van der Waals surface area contributed by atoms with E-state index in [1.807, 2.05) is 4.90 Å². The van der Waals surface area contributed by atoms with Gasteiger partial charge in [-0.25, -0.2) is 0 Å². The van der Waals surface area contributed by atoms with Crippen LogP contribution >= 0.6 is 0 Å². The Morgan fingerprint density at radius 1 is 1.44 bits per heavy atom. The Kier molecular flexibility index (Phi) is 3.22. The van der Waals surface area contributed by atoms with Crippen molar-refractivity contribution in [1.29, 1.82) is 0 Å². The number of nitrogens with two attached hydrogens (primary N) is 1. The van der Waals surface area contributed by atoms with Gasteiger partial charge in [-0.05, 0) is 26.3 Å². The molecule has 2 aliphatic rings. The van der Waals surface area contributed by atoms with E-state index in [2.05, 4.69) is 18.7 Å². The maximum Gasteiger partial charge on any atom is 0.230 e. The minimum absolute atomic E-state index is 0.173. The third-order valence-corrected chi connectivity index (χ3v) is 4.16. The van der Waals surface area contributed by atoms with Crippen molar-refractivity contribution in [2.45, 2.75) is 32.7 Å². The Morgan fingerprint density at radius 2 is 2.12 bits per heavy atom. The molecular weight excluding hydrogens is 202 g/mol. The predicted octanol–water partition coefficient (Wildman–Crippen LogP) is 0.278. The first-order chi connectivity index (χ1) is 7.63. The number of carbonyl (C=O) groups excluding carboxylic acids is 1. The zero-order valence-electron chi connectivity index (χ0n) is 10.4. The summed E-state index contributed by atoms with van der Waals surface area (Å²) in [7, 11) is 0. The minimum Gasteiger partial charge on any atom is -0.339 e. The molecule has 1 atom stereocenters. The lowest BCUT2D eigenvalue weighted by Crippen LogP contribution is -2.55. The van der Waals surface area contributed by atoms with E-state index in [9.17, 15) is 4.79 Å². The van der Waals surface area contributed by atoms with Crippen molar-refractivity contribution >= 4 is 5.91 Å². The van der Waals surface area contributed by atoms with Crippen LogP contribution in [0.2, 0.25) is 0 Å². The summed E-state index contributed by atoms with van der Waals surface area (Å²) >= 11 is 0. The number of nitrogens with zero attached hydrogens (tertiary/aromatic N) is 2. The molecule has 4 heteroatoms. The summed E-state index contributed by atoms with van der Waals surface area (Å²) in [4.78, 5) is 16.7. The van der Waals surface area contributed by atoms with Gasteiger partial charge in [0, 0.05) is 32.2 Å². The first-order valence-electron chi connectivity index (χ1n) is 6.36. The molecule has 16 heavy (non-hydrogen) atoms. The average molecular weight is 225 g/mol. The Labute approximate surface area is 97.8 Å². The van der Waals surface area contributed by atoms with E-state index in [-0.39, 0.29) is 5.41 Å². The van der Waals surface area contributed by atoms with E-state index in [1.165, 1.54) is 0 Å². The SMILES string of the molecule is CCN1CCN(C(=O)C2(CN)CC2)CC1C. The molecule has 2 N–H and O–H groups in total. The van der Waals surface area contributed by atoms with Crippen LogP contribution in [0.1, 0.15) is 26.7 Å². The fourth-order valence-electron chi connectivity index (χ4n) is 2.64. The molecule has 0 aromatic carbocycles. The van der Waals surface area contributed by atoms with E-state index >= 15 is 0 Å². The van der Waals surface area contributed by atoms with Gasteiger partial charge in [0.05, 0.1) is 5.41 Å². The summed E-state index contributed by atoms with van der Waals surface area (Å²) in [6.45, 7) is 8.72. The van der Waals surface area contributed by atoms with Crippen LogP contribution in [-0.4, -0.2) is 54.5 Å². The van der Waals surface area contributed by atoms with Crippen molar-refractivity contribution in [3.63, 3.8) is 0 Å². The lowest BCUT2D eigenvalue weighted by molar-refractivity contribution is -0.139. The van der Waals surface area contributed by atoms with Crippen molar-refractivity contribution < 1.29 is 4.79 Å². The molecule has 1 saturated heterocycles. The topological polar surface area (TPSA) is 49.6 Å². The van der Waals surface area contributed by atoms with Gasteiger partial charge in [0.1, 0.15) is 0 Å². The molecule has 2 rings (SSSR count). The van der Waals surface area contributed by atoms with Gasteiger partial charge in [-0.2, -0.15) is 0 Å². The number of likely N-dealkylation sites (N-methyl/N-ethyl adjacent to an activating group) is 1. The standard InChI is InChI=1S/C12H23N3O/c1-3-14-6-7-15(8-10(14)2)11(16)12(9-13)4-5-12/h10H,3-9,13H2,1-2H3. The second kappa shape index (κ2) is 4.34. The van der Waals surface area contributed by atoms with Gasteiger partial charge in [0.2, 0.25) is 5.91 Å². The van der Waals surface area contributed by atoms with E-state index in [1.54, 1.807) is 0 Å². The third kappa shape index (κ3) is 1.96. The summed E-state index contributed by atoms with van der Waals surface area (Å²) < 4.78 is 0. The van der Waals surface area contributed by atoms with E-state index in [0.29, 0.717) is 18.5 Å². The number of carbonyl (C=O) groups is 1. The van der Waals surface area contributed by atoms with E-state index in [0.717, 1.165) is 39.0 Å². The van der Waals surface area contributed by atoms with Gasteiger partial charge in [-0.1, -0.05) is 6.92 Å². The molecule has 92 valence electrons. The molecule has 2 fully saturated rings. The molecule has 1 amide bonds. The highest BCUT2D eigenvalue weighted by Gasteiger charge is 2.50. The van der Waals surface area contributed by atoms with E-state index < -0.39 is 0 Å². The zero-order valence-corrected chi connectivity index (χ0v) is 10.4.